The van der Waals surface area contributed by atoms with E-state index in [0.29, 0.717) is 17.0 Å². The van der Waals surface area contributed by atoms with Crippen molar-refractivity contribution in [2.24, 2.45) is 4.99 Å². The summed E-state index contributed by atoms with van der Waals surface area (Å²) in [6, 6.07) is 12.1. The summed E-state index contributed by atoms with van der Waals surface area (Å²) in [4.78, 5) is 15.8. The molecular formula is C16H11F3N2O. The lowest BCUT2D eigenvalue weighted by Gasteiger charge is -2.13. The Morgan fingerprint density at radius 3 is 2.45 bits per heavy atom. The van der Waals surface area contributed by atoms with Crippen LogP contribution in [0.2, 0.25) is 0 Å². The van der Waals surface area contributed by atoms with Gasteiger partial charge in [0.1, 0.15) is 6.54 Å². The number of benzene rings is 2. The molecule has 6 heteroatoms. The molecule has 2 aromatic rings. The Hall–Kier alpha value is -2.63. The van der Waals surface area contributed by atoms with Gasteiger partial charge in [-0.05, 0) is 18.2 Å². The summed E-state index contributed by atoms with van der Waals surface area (Å²) in [6.07, 6.45) is -4.45. The Morgan fingerprint density at radius 1 is 1.05 bits per heavy atom. The smallest absolute Gasteiger partial charge is 0.324 e. The molecule has 0 bridgehead atoms. The number of halogens is 3. The van der Waals surface area contributed by atoms with Crippen LogP contribution in [0.15, 0.2) is 53.5 Å². The fourth-order valence-electron chi connectivity index (χ4n) is 2.29. The highest BCUT2D eigenvalue weighted by molar-refractivity contribution is 6.19. The second kappa shape index (κ2) is 5.29. The van der Waals surface area contributed by atoms with Gasteiger partial charge < -0.3 is 5.32 Å². The lowest BCUT2D eigenvalue weighted by molar-refractivity contribution is -0.137. The normalized spacial score (nSPS) is 14.7. The van der Waals surface area contributed by atoms with E-state index in [-0.39, 0.29) is 18.0 Å². The molecule has 3 nitrogen and oxygen atoms in total. The third-order valence-corrected chi connectivity index (χ3v) is 3.30. The molecule has 0 spiro atoms. The molecule has 0 saturated heterocycles. The van der Waals surface area contributed by atoms with Gasteiger partial charge in [-0.1, -0.05) is 30.3 Å². The number of anilines is 1. The van der Waals surface area contributed by atoms with E-state index < -0.39 is 11.7 Å². The SMILES string of the molecule is O=C1CN=C(c2ccccc2)c2cc(C(F)(F)F)ccc2N1. The summed E-state index contributed by atoms with van der Waals surface area (Å²) in [6.45, 7) is -0.125. The Morgan fingerprint density at radius 2 is 1.77 bits per heavy atom. The van der Waals surface area contributed by atoms with Gasteiger partial charge >= 0.3 is 6.18 Å². The van der Waals surface area contributed by atoms with Crippen molar-refractivity contribution in [3.05, 3.63) is 65.2 Å². The number of hydrogen-bond acceptors (Lipinski definition) is 2. The summed E-state index contributed by atoms with van der Waals surface area (Å²) in [7, 11) is 0. The number of nitrogens with zero attached hydrogens (tertiary/aromatic N) is 1. The lowest BCUT2D eigenvalue weighted by atomic mass is 9.98. The molecule has 1 amide bonds. The quantitative estimate of drug-likeness (QED) is 0.861. The summed E-state index contributed by atoms with van der Waals surface area (Å²) >= 11 is 0. The molecule has 112 valence electrons. The highest BCUT2D eigenvalue weighted by Crippen LogP contribution is 2.33. The first-order valence-corrected chi connectivity index (χ1v) is 6.56. The maximum atomic E-state index is 12.9. The van der Waals surface area contributed by atoms with E-state index in [2.05, 4.69) is 10.3 Å². The molecule has 0 unspecified atom stereocenters. The second-order valence-corrected chi connectivity index (χ2v) is 4.84. The van der Waals surface area contributed by atoms with Gasteiger partial charge in [0.25, 0.3) is 0 Å². The van der Waals surface area contributed by atoms with E-state index >= 15 is 0 Å². The van der Waals surface area contributed by atoms with Crippen molar-refractivity contribution in [2.75, 3.05) is 11.9 Å². The van der Waals surface area contributed by atoms with E-state index in [1.165, 1.54) is 6.07 Å². The highest BCUT2D eigenvalue weighted by Gasteiger charge is 2.32. The first-order valence-electron chi connectivity index (χ1n) is 6.56. The summed E-state index contributed by atoms with van der Waals surface area (Å²) in [5.74, 6) is -0.355. The van der Waals surface area contributed by atoms with Crippen LogP contribution in [-0.2, 0) is 11.0 Å². The summed E-state index contributed by atoms with van der Waals surface area (Å²) in [5, 5.41) is 2.58. The van der Waals surface area contributed by atoms with Crippen LogP contribution in [0.5, 0.6) is 0 Å². The Kier molecular flexibility index (Phi) is 3.44. The van der Waals surface area contributed by atoms with Crippen LogP contribution in [0, 0.1) is 0 Å². The maximum absolute atomic E-state index is 12.9. The molecule has 1 N–H and O–H groups in total. The average Bonchev–Trinajstić information content (AvgIpc) is 2.65. The molecule has 0 saturated carbocycles. The zero-order valence-corrected chi connectivity index (χ0v) is 11.3. The van der Waals surface area contributed by atoms with E-state index in [0.717, 1.165) is 12.1 Å². The summed E-state index contributed by atoms with van der Waals surface area (Å²) in [5.41, 5.74) is 0.871. The van der Waals surface area contributed by atoms with Crippen LogP contribution in [-0.4, -0.2) is 18.2 Å². The second-order valence-electron chi connectivity index (χ2n) is 4.84. The van der Waals surface area contributed by atoms with Gasteiger partial charge in [0.2, 0.25) is 5.91 Å². The Labute approximate surface area is 124 Å². The molecule has 1 aliphatic rings. The molecular weight excluding hydrogens is 293 g/mol. The van der Waals surface area contributed by atoms with Crippen molar-refractivity contribution < 1.29 is 18.0 Å². The van der Waals surface area contributed by atoms with Crippen LogP contribution in [0.25, 0.3) is 0 Å². The molecule has 0 fully saturated rings. The van der Waals surface area contributed by atoms with Gasteiger partial charge in [-0.25, -0.2) is 0 Å². The topological polar surface area (TPSA) is 41.5 Å². The average molecular weight is 304 g/mol. The van der Waals surface area contributed by atoms with E-state index in [1.807, 2.05) is 0 Å². The van der Waals surface area contributed by atoms with Crippen molar-refractivity contribution in [2.45, 2.75) is 6.18 Å². The van der Waals surface area contributed by atoms with Gasteiger partial charge in [-0.2, -0.15) is 13.2 Å². The maximum Gasteiger partial charge on any atom is 0.416 e. The fourth-order valence-corrected chi connectivity index (χ4v) is 2.29. The fraction of sp³-hybridized carbons (Fsp3) is 0.125. The van der Waals surface area contributed by atoms with E-state index in [4.69, 9.17) is 0 Å². The number of alkyl halides is 3. The molecule has 2 aromatic carbocycles. The van der Waals surface area contributed by atoms with E-state index in [1.54, 1.807) is 30.3 Å². The number of carbonyl (C=O) groups is 1. The number of aliphatic imine (C=N–C) groups is 1. The minimum absolute atomic E-state index is 0.125. The third-order valence-electron chi connectivity index (χ3n) is 3.30. The largest absolute Gasteiger partial charge is 0.416 e. The van der Waals surface area contributed by atoms with Crippen molar-refractivity contribution in [3.8, 4) is 0 Å². The number of rotatable bonds is 1. The van der Waals surface area contributed by atoms with Gasteiger partial charge in [-0.15, -0.1) is 0 Å². The third kappa shape index (κ3) is 2.72. The van der Waals surface area contributed by atoms with Crippen LogP contribution >= 0.6 is 0 Å². The Balaban J connectivity index is 2.19. The monoisotopic (exact) mass is 304 g/mol. The van der Waals surface area contributed by atoms with Crippen LogP contribution in [0.4, 0.5) is 18.9 Å². The number of hydrogen-bond donors (Lipinski definition) is 1. The van der Waals surface area contributed by atoms with Crippen LogP contribution < -0.4 is 5.32 Å². The molecule has 0 aliphatic carbocycles. The minimum atomic E-state index is -4.45. The number of nitrogens with one attached hydrogen (secondary N) is 1. The number of carbonyl (C=O) groups excluding carboxylic acids is 1. The zero-order valence-electron chi connectivity index (χ0n) is 11.3. The summed E-state index contributed by atoms with van der Waals surface area (Å²) < 4.78 is 38.8. The first kappa shape index (κ1) is 14.3. The van der Waals surface area contributed by atoms with Crippen LogP contribution in [0.1, 0.15) is 16.7 Å². The number of amides is 1. The first-order chi connectivity index (χ1) is 10.4. The lowest BCUT2D eigenvalue weighted by Crippen LogP contribution is -2.14. The van der Waals surface area contributed by atoms with Crippen molar-refractivity contribution in [3.63, 3.8) is 0 Å². The number of fused-ring (bicyclic) bond motifs is 1. The standard InChI is InChI=1S/C16H11F3N2O/c17-16(18,19)11-6-7-13-12(8-11)15(20-9-14(22)21-13)10-4-2-1-3-5-10/h1-8H,9H2,(H,21,22). The molecule has 3 rings (SSSR count). The van der Waals surface area contributed by atoms with Gasteiger partial charge in [-0.3, -0.25) is 9.79 Å². The van der Waals surface area contributed by atoms with Gasteiger partial charge in [0, 0.05) is 11.1 Å². The predicted molar refractivity (Wildman–Crippen MR) is 77.0 cm³/mol. The molecule has 1 aliphatic heterocycles. The zero-order chi connectivity index (χ0) is 15.7. The molecule has 0 atom stereocenters. The Bertz CT molecular complexity index is 752. The predicted octanol–water partition coefficient (Wildman–Crippen LogP) is 3.49. The van der Waals surface area contributed by atoms with E-state index in [9.17, 15) is 18.0 Å². The molecule has 0 radical (unpaired) electrons. The number of benzodiazepines with no additional fused rings is 1. The molecule has 22 heavy (non-hydrogen) atoms. The van der Waals surface area contributed by atoms with Crippen molar-refractivity contribution >= 4 is 17.3 Å². The van der Waals surface area contributed by atoms with Crippen molar-refractivity contribution in [1.29, 1.82) is 0 Å². The van der Waals surface area contributed by atoms with Gasteiger partial charge in [0.15, 0.2) is 0 Å². The van der Waals surface area contributed by atoms with Crippen molar-refractivity contribution in [1.82, 2.24) is 0 Å². The van der Waals surface area contributed by atoms with Gasteiger partial charge in [0.05, 0.1) is 17.0 Å². The minimum Gasteiger partial charge on any atom is -0.324 e. The molecule has 1 heterocycles. The van der Waals surface area contributed by atoms with Crippen LogP contribution in [0.3, 0.4) is 0 Å². The molecule has 0 aromatic heterocycles. The highest BCUT2D eigenvalue weighted by atomic mass is 19.4.